The van der Waals surface area contributed by atoms with Crippen molar-refractivity contribution < 1.29 is 9.18 Å². The molecule has 3 rings (SSSR count). The summed E-state index contributed by atoms with van der Waals surface area (Å²) in [7, 11) is 0. The van der Waals surface area contributed by atoms with Gasteiger partial charge in [0.15, 0.2) is 0 Å². The zero-order valence-electron chi connectivity index (χ0n) is 13.7. The number of rotatable bonds is 4. The number of anilines is 1. The van der Waals surface area contributed by atoms with Crippen molar-refractivity contribution in [2.24, 2.45) is 0 Å². The number of amides is 1. The van der Waals surface area contributed by atoms with Crippen LogP contribution in [0.4, 0.5) is 10.1 Å². The first-order valence-corrected chi connectivity index (χ1v) is 7.89. The van der Waals surface area contributed by atoms with Gasteiger partial charge in [0.1, 0.15) is 5.82 Å². The van der Waals surface area contributed by atoms with Crippen LogP contribution in [0.1, 0.15) is 41.4 Å². The molecular weight excluding hydrogens is 291 g/mol. The van der Waals surface area contributed by atoms with Crippen LogP contribution in [0.3, 0.4) is 0 Å². The van der Waals surface area contributed by atoms with E-state index in [1.807, 2.05) is 6.08 Å². The lowest BCUT2D eigenvalue weighted by atomic mass is 10.2. The minimum atomic E-state index is -0.320. The summed E-state index contributed by atoms with van der Waals surface area (Å²) in [5, 5.41) is 2.68. The van der Waals surface area contributed by atoms with Gasteiger partial charge in [-0.15, -0.1) is 0 Å². The Morgan fingerprint density at radius 1 is 1.26 bits per heavy atom. The van der Waals surface area contributed by atoms with Crippen LogP contribution in [-0.2, 0) is 4.79 Å². The van der Waals surface area contributed by atoms with Crippen LogP contribution in [0, 0.1) is 26.6 Å². The predicted molar refractivity (Wildman–Crippen MR) is 91.0 cm³/mol. The molecule has 1 aliphatic carbocycles. The first kappa shape index (κ1) is 15.5. The molecule has 3 nitrogen and oxygen atoms in total. The smallest absolute Gasteiger partial charge is 0.248 e. The quantitative estimate of drug-likeness (QED) is 0.826. The summed E-state index contributed by atoms with van der Waals surface area (Å²) in [5.74, 6) is -0.579. The van der Waals surface area contributed by atoms with Crippen LogP contribution in [0.25, 0.3) is 6.08 Å². The van der Waals surface area contributed by atoms with Crippen molar-refractivity contribution in [1.82, 2.24) is 4.57 Å². The number of hydrogen-bond donors (Lipinski definition) is 1. The normalized spacial score (nSPS) is 14.4. The van der Waals surface area contributed by atoms with E-state index < -0.39 is 0 Å². The fourth-order valence-electron chi connectivity index (χ4n) is 2.89. The van der Waals surface area contributed by atoms with Crippen LogP contribution < -0.4 is 5.32 Å². The molecule has 0 saturated heterocycles. The molecule has 1 heterocycles. The molecule has 0 bridgehead atoms. The number of aromatic nitrogens is 1. The fraction of sp³-hybridized carbons (Fsp3) is 0.316. The van der Waals surface area contributed by atoms with Gasteiger partial charge in [0.25, 0.3) is 0 Å². The Balaban J connectivity index is 1.71. The van der Waals surface area contributed by atoms with E-state index in [4.69, 9.17) is 0 Å². The molecule has 0 aliphatic heterocycles. The molecule has 23 heavy (non-hydrogen) atoms. The Labute approximate surface area is 135 Å². The number of aryl methyl sites for hydroxylation is 2. The summed E-state index contributed by atoms with van der Waals surface area (Å²) in [6.45, 7) is 5.87. The molecule has 1 aromatic heterocycles. The number of benzene rings is 1. The number of carbonyl (C=O) groups is 1. The van der Waals surface area contributed by atoms with E-state index in [-0.39, 0.29) is 11.7 Å². The standard InChI is InChI=1S/C19H21FN2O/c1-12-4-6-16(11-18(12)20)21-19(23)9-5-15-10-13(2)22(14(15)3)17-7-8-17/h4-6,9-11,17H,7-8H2,1-3H3,(H,21,23)/b9-5+. The molecule has 2 aromatic rings. The molecule has 0 spiro atoms. The van der Waals surface area contributed by atoms with Gasteiger partial charge in [-0.25, -0.2) is 4.39 Å². The van der Waals surface area contributed by atoms with Gasteiger partial charge >= 0.3 is 0 Å². The van der Waals surface area contributed by atoms with Crippen molar-refractivity contribution in [1.29, 1.82) is 0 Å². The maximum absolute atomic E-state index is 13.5. The van der Waals surface area contributed by atoms with Gasteiger partial charge in [-0.1, -0.05) is 6.07 Å². The van der Waals surface area contributed by atoms with E-state index in [0.29, 0.717) is 17.3 Å². The summed E-state index contributed by atoms with van der Waals surface area (Å²) in [5.41, 5.74) is 4.50. The van der Waals surface area contributed by atoms with E-state index in [1.54, 1.807) is 19.1 Å². The van der Waals surface area contributed by atoms with Crippen LogP contribution in [-0.4, -0.2) is 10.5 Å². The second-order valence-corrected chi connectivity index (χ2v) is 6.21. The summed E-state index contributed by atoms with van der Waals surface area (Å²) in [6.07, 6.45) is 5.79. The highest BCUT2D eigenvalue weighted by molar-refractivity contribution is 6.02. The number of carbonyl (C=O) groups excluding carboxylic acids is 1. The maximum atomic E-state index is 13.5. The SMILES string of the molecule is Cc1ccc(NC(=O)/C=C/c2cc(C)n(C3CC3)c2C)cc1F. The van der Waals surface area contributed by atoms with Crippen LogP contribution in [0.5, 0.6) is 0 Å². The molecule has 1 saturated carbocycles. The molecule has 120 valence electrons. The Morgan fingerprint density at radius 3 is 2.65 bits per heavy atom. The second-order valence-electron chi connectivity index (χ2n) is 6.21. The Morgan fingerprint density at radius 2 is 2.00 bits per heavy atom. The monoisotopic (exact) mass is 312 g/mol. The summed E-state index contributed by atoms with van der Waals surface area (Å²) in [4.78, 5) is 12.0. The highest BCUT2D eigenvalue weighted by Crippen LogP contribution is 2.38. The Bertz CT molecular complexity index is 785. The van der Waals surface area contributed by atoms with E-state index in [0.717, 1.165) is 5.56 Å². The van der Waals surface area contributed by atoms with E-state index in [2.05, 4.69) is 29.8 Å². The van der Waals surface area contributed by atoms with Crippen molar-refractivity contribution in [3.63, 3.8) is 0 Å². The summed E-state index contributed by atoms with van der Waals surface area (Å²) < 4.78 is 15.8. The lowest BCUT2D eigenvalue weighted by molar-refractivity contribution is -0.111. The average Bonchev–Trinajstić information content (AvgIpc) is 3.28. The van der Waals surface area contributed by atoms with Crippen molar-refractivity contribution in [3.05, 3.63) is 58.7 Å². The largest absolute Gasteiger partial charge is 0.346 e. The van der Waals surface area contributed by atoms with Gasteiger partial charge in [-0.05, 0) is 69.0 Å². The molecule has 1 fully saturated rings. The minimum absolute atomic E-state index is 0.260. The number of halogens is 1. The van der Waals surface area contributed by atoms with Crippen molar-refractivity contribution >= 4 is 17.7 Å². The molecule has 0 unspecified atom stereocenters. The lowest BCUT2D eigenvalue weighted by Crippen LogP contribution is -2.08. The van der Waals surface area contributed by atoms with Gasteiger partial charge in [-0.2, -0.15) is 0 Å². The first-order chi connectivity index (χ1) is 11.0. The van der Waals surface area contributed by atoms with Gasteiger partial charge < -0.3 is 9.88 Å². The minimum Gasteiger partial charge on any atom is -0.346 e. The molecular formula is C19H21FN2O. The summed E-state index contributed by atoms with van der Waals surface area (Å²) in [6, 6.07) is 7.41. The zero-order valence-corrected chi connectivity index (χ0v) is 13.7. The van der Waals surface area contributed by atoms with Gasteiger partial charge in [-0.3, -0.25) is 4.79 Å². The molecule has 0 radical (unpaired) electrons. The third-order valence-electron chi connectivity index (χ3n) is 4.29. The highest BCUT2D eigenvalue weighted by Gasteiger charge is 2.26. The summed E-state index contributed by atoms with van der Waals surface area (Å²) >= 11 is 0. The Kier molecular flexibility index (Phi) is 4.07. The average molecular weight is 312 g/mol. The maximum Gasteiger partial charge on any atom is 0.248 e. The van der Waals surface area contributed by atoms with E-state index in [1.165, 1.54) is 36.4 Å². The van der Waals surface area contributed by atoms with Crippen molar-refractivity contribution in [2.45, 2.75) is 39.7 Å². The predicted octanol–water partition coefficient (Wildman–Crippen LogP) is 4.54. The van der Waals surface area contributed by atoms with E-state index in [9.17, 15) is 9.18 Å². The topological polar surface area (TPSA) is 34.0 Å². The molecule has 1 aliphatic rings. The second kappa shape index (κ2) is 6.03. The van der Waals surface area contributed by atoms with E-state index >= 15 is 0 Å². The first-order valence-electron chi connectivity index (χ1n) is 7.89. The van der Waals surface area contributed by atoms with Gasteiger partial charge in [0, 0.05) is 29.2 Å². The highest BCUT2D eigenvalue weighted by atomic mass is 19.1. The van der Waals surface area contributed by atoms with Crippen LogP contribution >= 0.6 is 0 Å². The van der Waals surface area contributed by atoms with Crippen LogP contribution in [0.2, 0.25) is 0 Å². The molecule has 1 aromatic carbocycles. The molecule has 1 amide bonds. The Hall–Kier alpha value is -2.36. The van der Waals surface area contributed by atoms with Crippen LogP contribution in [0.15, 0.2) is 30.3 Å². The fourth-order valence-corrected chi connectivity index (χ4v) is 2.89. The molecule has 1 N–H and O–H groups in total. The van der Waals surface area contributed by atoms with Crippen molar-refractivity contribution in [3.8, 4) is 0 Å². The van der Waals surface area contributed by atoms with Gasteiger partial charge in [0.2, 0.25) is 5.91 Å². The number of nitrogens with one attached hydrogen (secondary N) is 1. The third kappa shape index (κ3) is 3.36. The van der Waals surface area contributed by atoms with Crippen molar-refractivity contribution in [2.75, 3.05) is 5.32 Å². The third-order valence-corrected chi connectivity index (χ3v) is 4.29. The number of nitrogens with zero attached hydrogens (tertiary/aromatic N) is 1. The lowest BCUT2D eigenvalue weighted by Gasteiger charge is -2.06. The number of hydrogen-bond acceptors (Lipinski definition) is 1. The molecule has 0 atom stereocenters. The molecule has 4 heteroatoms. The zero-order chi connectivity index (χ0) is 16.6. The van der Waals surface area contributed by atoms with Gasteiger partial charge in [0.05, 0.1) is 0 Å².